The summed E-state index contributed by atoms with van der Waals surface area (Å²) in [6.45, 7) is 7.74. The fraction of sp³-hybridized carbons (Fsp3) is 0.600. The molecule has 0 bridgehead atoms. The number of hydrogen-bond donors (Lipinski definition) is 1. The van der Waals surface area contributed by atoms with Gasteiger partial charge in [-0.3, -0.25) is 0 Å². The molecule has 14 heavy (non-hydrogen) atoms. The molecule has 1 unspecified atom stereocenters. The summed E-state index contributed by atoms with van der Waals surface area (Å²) < 4.78 is 19.7. The topological polar surface area (TPSA) is 48.2 Å². The Morgan fingerprint density at radius 2 is 2.14 bits per heavy atom. The molecule has 0 aromatic carbocycles. The lowest BCUT2D eigenvalue weighted by Gasteiger charge is -2.25. The minimum atomic E-state index is -1.06. The summed E-state index contributed by atoms with van der Waals surface area (Å²) in [4.78, 5) is 0. The lowest BCUT2D eigenvalue weighted by Crippen LogP contribution is -2.40. The first kappa shape index (κ1) is 11.6. The first-order chi connectivity index (χ1) is 6.41. The van der Waals surface area contributed by atoms with E-state index < -0.39 is 11.4 Å². The molecule has 3 nitrogen and oxygen atoms in total. The van der Waals surface area contributed by atoms with Gasteiger partial charge in [0, 0.05) is 11.4 Å². The second-order valence-electron chi connectivity index (χ2n) is 4.24. The predicted molar refractivity (Wildman–Crippen MR) is 58.2 cm³/mol. The van der Waals surface area contributed by atoms with Gasteiger partial charge >= 0.3 is 0 Å². The highest BCUT2D eigenvalue weighted by Crippen LogP contribution is 2.19. The van der Waals surface area contributed by atoms with Crippen molar-refractivity contribution in [3.8, 4) is 0 Å². The van der Waals surface area contributed by atoms with Gasteiger partial charge < -0.3 is 8.97 Å². The maximum Gasteiger partial charge on any atom is 0.136 e. The van der Waals surface area contributed by atoms with Crippen LogP contribution in [0, 0.1) is 0 Å². The third kappa shape index (κ3) is 3.04. The predicted octanol–water partition coefficient (Wildman–Crippen LogP) is 2.39. The Balaban J connectivity index is 2.53. The normalized spacial score (nSPS) is 16.6. The van der Waals surface area contributed by atoms with Crippen LogP contribution >= 0.6 is 0 Å². The summed E-state index contributed by atoms with van der Waals surface area (Å²) in [7, 11) is 0. The molecule has 0 spiro atoms. The molecule has 2 atom stereocenters. The highest BCUT2D eigenvalue weighted by atomic mass is 32.2. The zero-order valence-corrected chi connectivity index (χ0v) is 9.85. The van der Waals surface area contributed by atoms with Crippen LogP contribution in [0.25, 0.3) is 0 Å². The highest BCUT2D eigenvalue weighted by molar-refractivity contribution is 7.90. The van der Waals surface area contributed by atoms with E-state index in [0.29, 0.717) is 0 Å². The standard InChI is InChI=1S/C10H17NO2S/c1-8(9-6-5-7-13-9)11-14(12)10(2,3)4/h5-8,11H,1-4H3/t8-,14?/m0/s1. The summed E-state index contributed by atoms with van der Waals surface area (Å²) in [6, 6.07) is 3.68. The van der Waals surface area contributed by atoms with Crippen molar-refractivity contribution in [1.82, 2.24) is 4.72 Å². The molecule has 0 amide bonds. The van der Waals surface area contributed by atoms with Gasteiger partial charge in [-0.25, -0.2) is 0 Å². The molecule has 1 aromatic heterocycles. The Hall–Kier alpha value is -0.450. The molecule has 1 heterocycles. The second-order valence-corrected chi connectivity index (χ2v) is 6.23. The SMILES string of the molecule is C[C@H](N[S+]([O-])C(C)(C)C)c1ccco1. The van der Waals surface area contributed by atoms with E-state index in [1.807, 2.05) is 39.8 Å². The summed E-state index contributed by atoms with van der Waals surface area (Å²) in [5.41, 5.74) is 0. The van der Waals surface area contributed by atoms with E-state index in [2.05, 4.69) is 4.72 Å². The minimum Gasteiger partial charge on any atom is -0.598 e. The molecule has 0 aliphatic rings. The lowest BCUT2D eigenvalue weighted by atomic mass is 10.3. The van der Waals surface area contributed by atoms with Gasteiger partial charge in [-0.15, -0.1) is 4.72 Å². The van der Waals surface area contributed by atoms with Gasteiger partial charge in [-0.1, -0.05) is 0 Å². The van der Waals surface area contributed by atoms with Crippen LogP contribution < -0.4 is 4.72 Å². The van der Waals surface area contributed by atoms with Gasteiger partial charge in [0.2, 0.25) is 0 Å². The van der Waals surface area contributed by atoms with Crippen molar-refractivity contribution in [2.24, 2.45) is 0 Å². The molecule has 1 aromatic rings. The van der Waals surface area contributed by atoms with E-state index in [9.17, 15) is 4.55 Å². The van der Waals surface area contributed by atoms with E-state index >= 15 is 0 Å². The van der Waals surface area contributed by atoms with E-state index in [0.717, 1.165) is 5.76 Å². The fourth-order valence-electron chi connectivity index (χ4n) is 0.933. The van der Waals surface area contributed by atoms with Gasteiger partial charge in [0.1, 0.15) is 16.5 Å². The third-order valence-corrected chi connectivity index (χ3v) is 3.49. The van der Waals surface area contributed by atoms with Crippen LogP contribution in [0.4, 0.5) is 0 Å². The van der Waals surface area contributed by atoms with Crippen molar-refractivity contribution in [3.05, 3.63) is 24.2 Å². The summed E-state index contributed by atoms with van der Waals surface area (Å²) in [5, 5.41) is 0. The summed E-state index contributed by atoms with van der Waals surface area (Å²) in [5.74, 6) is 0.808. The molecule has 4 heteroatoms. The Bertz CT molecular complexity index is 266. The van der Waals surface area contributed by atoms with Gasteiger partial charge in [0.15, 0.2) is 0 Å². The Kier molecular flexibility index (Phi) is 3.64. The lowest BCUT2D eigenvalue weighted by molar-refractivity contribution is 0.454. The molecular formula is C10H17NO2S. The van der Waals surface area contributed by atoms with Crippen molar-refractivity contribution in [3.63, 3.8) is 0 Å². The molecule has 0 fully saturated rings. The van der Waals surface area contributed by atoms with Crippen LogP contribution in [0.1, 0.15) is 39.5 Å². The van der Waals surface area contributed by atoms with Gasteiger partial charge in [0.05, 0.1) is 6.26 Å². The van der Waals surface area contributed by atoms with Crippen LogP contribution in [0.2, 0.25) is 0 Å². The molecule has 0 saturated heterocycles. The van der Waals surface area contributed by atoms with Crippen molar-refractivity contribution >= 4 is 11.4 Å². The monoisotopic (exact) mass is 215 g/mol. The van der Waals surface area contributed by atoms with E-state index in [4.69, 9.17) is 4.42 Å². The average Bonchev–Trinajstić information content (AvgIpc) is 2.53. The third-order valence-electron chi connectivity index (χ3n) is 1.81. The zero-order valence-electron chi connectivity index (χ0n) is 9.03. The van der Waals surface area contributed by atoms with Gasteiger partial charge in [-0.2, -0.15) is 0 Å². The van der Waals surface area contributed by atoms with Crippen LogP contribution in [0.3, 0.4) is 0 Å². The molecule has 0 radical (unpaired) electrons. The van der Waals surface area contributed by atoms with Crippen molar-refractivity contribution in [1.29, 1.82) is 0 Å². The average molecular weight is 215 g/mol. The van der Waals surface area contributed by atoms with E-state index in [1.165, 1.54) is 0 Å². The second kappa shape index (κ2) is 4.38. The quantitative estimate of drug-likeness (QED) is 0.788. The first-order valence-electron chi connectivity index (χ1n) is 4.62. The molecule has 1 rings (SSSR count). The van der Waals surface area contributed by atoms with Crippen molar-refractivity contribution in [2.75, 3.05) is 0 Å². The van der Waals surface area contributed by atoms with Crippen LogP contribution in [-0.2, 0) is 11.4 Å². The highest BCUT2D eigenvalue weighted by Gasteiger charge is 2.28. The molecule has 1 N–H and O–H groups in total. The van der Waals surface area contributed by atoms with E-state index in [1.54, 1.807) is 6.26 Å². The molecule has 0 aliphatic carbocycles. The molecule has 0 aliphatic heterocycles. The minimum absolute atomic E-state index is 0.0231. The number of nitrogens with one attached hydrogen (secondary N) is 1. The van der Waals surface area contributed by atoms with Gasteiger partial charge in [0.25, 0.3) is 0 Å². The largest absolute Gasteiger partial charge is 0.598 e. The van der Waals surface area contributed by atoms with Crippen molar-refractivity contribution in [2.45, 2.75) is 38.5 Å². The van der Waals surface area contributed by atoms with Gasteiger partial charge in [-0.05, 0) is 39.8 Å². The number of hydrogen-bond acceptors (Lipinski definition) is 3. The van der Waals surface area contributed by atoms with Crippen LogP contribution in [0.5, 0.6) is 0 Å². The summed E-state index contributed by atoms with van der Waals surface area (Å²) >= 11 is -1.06. The zero-order chi connectivity index (χ0) is 10.8. The Morgan fingerprint density at radius 1 is 1.50 bits per heavy atom. The van der Waals surface area contributed by atoms with Crippen LogP contribution in [0.15, 0.2) is 22.8 Å². The van der Waals surface area contributed by atoms with Crippen molar-refractivity contribution < 1.29 is 8.97 Å². The molecular weight excluding hydrogens is 198 g/mol. The number of furan rings is 1. The molecule has 0 saturated carbocycles. The smallest absolute Gasteiger partial charge is 0.136 e. The molecule has 80 valence electrons. The number of rotatable bonds is 3. The Labute approximate surface area is 88.2 Å². The summed E-state index contributed by atoms with van der Waals surface area (Å²) in [6.07, 6.45) is 1.62. The maximum absolute atomic E-state index is 11.7. The maximum atomic E-state index is 11.7. The van der Waals surface area contributed by atoms with Crippen LogP contribution in [-0.4, -0.2) is 9.30 Å². The fourth-order valence-corrected chi connectivity index (χ4v) is 1.72. The Morgan fingerprint density at radius 3 is 2.57 bits per heavy atom. The first-order valence-corrected chi connectivity index (χ1v) is 5.77. The van der Waals surface area contributed by atoms with E-state index in [-0.39, 0.29) is 10.8 Å².